The summed E-state index contributed by atoms with van der Waals surface area (Å²) in [7, 11) is 0. The van der Waals surface area contributed by atoms with E-state index in [4.69, 9.17) is 28.4 Å². The third-order valence-electron chi connectivity index (χ3n) is 9.67. The predicted octanol–water partition coefficient (Wildman–Crippen LogP) is 3.78. The maximum atomic E-state index is 13.3. The Bertz CT molecular complexity index is 1010. The molecule has 0 aromatic rings. The molecule has 10 heteroatoms. The van der Waals surface area contributed by atoms with Gasteiger partial charge in [-0.2, -0.15) is 11.8 Å². The second kappa shape index (κ2) is 12.4. The third kappa shape index (κ3) is 6.12. The fourth-order valence-electron chi connectivity index (χ4n) is 6.85. The van der Waals surface area contributed by atoms with Crippen molar-refractivity contribution in [3.63, 3.8) is 0 Å². The average molecular weight is 591 g/mol. The molecular formula is C31H42O9S. The molecule has 6 aliphatic rings. The smallest absolute Gasteiger partial charge is 0.312 e. The lowest BCUT2D eigenvalue weighted by Gasteiger charge is -2.33. The molecule has 4 saturated heterocycles. The number of carbonyl (C=O) groups is 3. The Labute approximate surface area is 246 Å². The minimum absolute atomic E-state index is 0.00823. The summed E-state index contributed by atoms with van der Waals surface area (Å²) in [6.45, 7) is 4.08. The van der Waals surface area contributed by atoms with E-state index in [0.29, 0.717) is 30.9 Å². The van der Waals surface area contributed by atoms with Gasteiger partial charge in [-0.15, -0.1) is 0 Å². The lowest BCUT2D eigenvalue weighted by Crippen LogP contribution is -2.42. The number of ether oxygens (including phenoxy) is 6. The Kier molecular flexibility index (Phi) is 8.82. The molecule has 0 N–H and O–H groups in total. The van der Waals surface area contributed by atoms with Crippen LogP contribution in [0.1, 0.15) is 58.8 Å². The Morgan fingerprint density at radius 1 is 0.732 bits per heavy atom. The van der Waals surface area contributed by atoms with Crippen LogP contribution in [0.2, 0.25) is 0 Å². The van der Waals surface area contributed by atoms with Crippen LogP contribution in [0.15, 0.2) is 24.3 Å². The number of thioether (sulfide) groups is 1. The first kappa shape index (κ1) is 29.2. The summed E-state index contributed by atoms with van der Waals surface area (Å²) in [4.78, 5) is 39.3. The molecule has 10 unspecified atom stereocenters. The van der Waals surface area contributed by atoms with Crippen LogP contribution >= 0.6 is 11.8 Å². The molecule has 6 aliphatic heterocycles. The van der Waals surface area contributed by atoms with Crippen molar-refractivity contribution in [3.05, 3.63) is 24.3 Å². The largest absolute Gasteiger partial charge is 0.465 e. The van der Waals surface area contributed by atoms with Gasteiger partial charge in [0.2, 0.25) is 0 Å². The van der Waals surface area contributed by atoms with Gasteiger partial charge >= 0.3 is 17.9 Å². The van der Waals surface area contributed by atoms with E-state index in [2.05, 4.69) is 6.92 Å². The number of hydrogen-bond acceptors (Lipinski definition) is 10. The van der Waals surface area contributed by atoms with Crippen LogP contribution in [0.3, 0.4) is 0 Å². The maximum Gasteiger partial charge on any atom is 0.312 e. The molecule has 0 aromatic carbocycles. The summed E-state index contributed by atoms with van der Waals surface area (Å²) in [5.74, 6) is -0.834. The first-order chi connectivity index (χ1) is 19.9. The Hall–Kier alpha value is -1.88. The molecule has 6 bridgehead atoms. The highest BCUT2D eigenvalue weighted by Crippen LogP contribution is 2.45. The lowest BCUT2D eigenvalue weighted by atomic mass is 9.86. The van der Waals surface area contributed by atoms with Gasteiger partial charge in [0.25, 0.3) is 0 Å². The van der Waals surface area contributed by atoms with Crippen molar-refractivity contribution in [3.8, 4) is 0 Å². The van der Waals surface area contributed by atoms with E-state index < -0.39 is 5.41 Å². The van der Waals surface area contributed by atoms with Gasteiger partial charge in [-0.1, -0.05) is 44.6 Å². The van der Waals surface area contributed by atoms with Crippen molar-refractivity contribution in [1.29, 1.82) is 0 Å². The Morgan fingerprint density at radius 2 is 1.29 bits per heavy atom. The Morgan fingerprint density at radius 3 is 1.71 bits per heavy atom. The van der Waals surface area contributed by atoms with Crippen molar-refractivity contribution >= 4 is 29.7 Å². The van der Waals surface area contributed by atoms with E-state index in [1.54, 1.807) is 0 Å². The molecule has 6 heterocycles. The van der Waals surface area contributed by atoms with Gasteiger partial charge in [-0.05, 0) is 44.3 Å². The zero-order valence-electron chi connectivity index (χ0n) is 23.9. The minimum atomic E-state index is -0.860. The van der Waals surface area contributed by atoms with Crippen molar-refractivity contribution in [1.82, 2.24) is 0 Å². The number of rotatable bonds is 14. The fraction of sp³-hybridized carbons (Fsp3) is 0.774. The summed E-state index contributed by atoms with van der Waals surface area (Å²) in [6, 6.07) is 0. The van der Waals surface area contributed by atoms with Crippen LogP contribution in [0.4, 0.5) is 0 Å². The molecule has 10 atom stereocenters. The van der Waals surface area contributed by atoms with Crippen molar-refractivity contribution in [2.75, 3.05) is 25.6 Å². The zero-order valence-corrected chi connectivity index (χ0v) is 24.8. The molecule has 0 aromatic heterocycles. The van der Waals surface area contributed by atoms with Gasteiger partial charge in [-0.25, -0.2) is 0 Å². The van der Waals surface area contributed by atoms with Crippen LogP contribution in [-0.2, 0) is 42.8 Å². The lowest BCUT2D eigenvalue weighted by molar-refractivity contribution is -0.168. The number of unbranched alkanes of at least 4 members (excludes halogenated alkanes) is 1. The van der Waals surface area contributed by atoms with Crippen LogP contribution in [0, 0.1) is 23.2 Å². The molecule has 226 valence electrons. The molecule has 0 spiro atoms. The second-order valence-electron chi connectivity index (χ2n) is 12.5. The van der Waals surface area contributed by atoms with Crippen LogP contribution in [0.25, 0.3) is 0 Å². The van der Waals surface area contributed by atoms with Crippen LogP contribution in [-0.4, -0.2) is 85.4 Å². The average Bonchev–Trinajstić information content (AvgIpc) is 3.84. The van der Waals surface area contributed by atoms with Gasteiger partial charge in [0, 0.05) is 5.25 Å². The molecule has 0 saturated carbocycles. The van der Waals surface area contributed by atoms with Crippen molar-refractivity contribution < 1.29 is 42.8 Å². The van der Waals surface area contributed by atoms with E-state index in [1.165, 1.54) is 12.8 Å². The van der Waals surface area contributed by atoms with Gasteiger partial charge in [0.15, 0.2) is 0 Å². The van der Waals surface area contributed by atoms with E-state index in [9.17, 15) is 14.4 Å². The number of esters is 3. The maximum absolute atomic E-state index is 13.3. The van der Waals surface area contributed by atoms with Gasteiger partial charge in [0.1, 0.15) is 19.8 Å². The number of hydrogen-bond donors (Lipinski definition) is 0. The number of fused-ring (bicyclic) bond motifs is 6. The van der Waals surface area contributed by atoms with E-state index >= 15 is 0 Å². The summed E-state index contributed by atoms with van der Waals surface area (Å²) in [5, 5.41) is 0.443. The standard InChI is InChI=1S/C31H42O9S/c1-3-5-10-41-27-14-25-22(13-26(27)40-25)30(34)37-17-31(4-2,15-35-28(32)20-11-18-6-8-23(20)38-18)16-36-29(33)21-12-19-7-9-24(21)39-19/h6-9,18-27H,3-5,10-17H2,1-2H3. The van der Waals surface area contributed by atoms with Crippen molar-refractivity contribution in [2.24, 2.45) is 23.2 Å². The summed E-state index contributed by atoms with van der Waals surface area (Å²) in [5.41, 5.74) is -0.860. The third-order valence-corrected chi connectivity index (χ3v) is 11.1. The molecule has 0 amide bonds. The molecule has 0 aliphatic carbocycles. The highest BCUT2D eigenvalue weighted by Gasteiger charge is 2.51. The molecule has 9 nitrogen and oxygen atoms in total. The highest BCUT2D eigenvalue weighted by atomic mass is 32.2. The monoisotopic (exact) mass is 590 g/mol. The molecular weight excluding hydrogens is 548 g/mol. The molecule has 0 radical (unpaired) electrons. The first-order valence-electron chi connectivity index (χ1n) is 15.3. The fourth-order valence-corrected chi connectivity index (χ4v) is 8.33. The van der Waals surface area contributed by atoms with Crippen molar-refractivity contribution in [2.45, 2.75) is 101 Å². The first-order valence-corrected chi connectivity index (χ1v) is 16.4. The molecule has 4 fully saturated rings. The highest BCUT2D eigenvalue weighted by molar-refractivity contribution is 7.99. The minimum Gasteiger partial charge on any atom is -0.465 e. The summed E-state index contributed by atoms with van der Waals surface area (Å²) < 4.78 is 35.1. The van der Waals surface area contributed by atoms with Gasteiger partial charge in [-0.3, -0.25) is 14.4 Å². The van der Waals surface area contributed by atoms with Crippen LogP contribution < -0.4 is 0 Å². The Balaban J connectivity index is 1.06. The SMILES string of the molecule is CCCCSC1CC2OC1CC2C(=O)OCC(CC)(COC(=O)C1CC2C=CC1O2)COC(=O)C1CC2C=CC1O2. The van der Waals surface area contributed by atoms with E-state index in [-0.39, 0.29) is 92.1 Å². The van der Waals surface area contributed by atoms with Crippen LogP contribution in [0.5, 0.6) is 0 Å². The normalized spacial score (nSPS) is 38.9. The summed E-state index contributed by atoms with van der Waals surface area (Å²) in [6.07, 6.45) is 12.7. The quantitative estimate of drug-likeness (QED) is 0.128. The predicted molar refractivity (Wildman–Crippen MR) is 150 cm³/mol. The van der Waals surface area contributed by atoms with Gasteiger partial charge < -0.3 is 28.4 Å². The molecule has 6 rings (SSSR count). The second-order valence-corrected chi connectivity index (χ2v) is 13.8. The zero-order chi connectivity index (χ0) is 28.6. The van der Waals surface area contributed by atoms with E-state index in [0.717, 1.165) is 12.2 Å². The number of carbonyl (C=O) groups excluding carboxylic acids is 3. The van der Waals surface area contributed by atoms with Gasteiger partial charge in [0.05, 0.1) is 59.8 Å². The topological polar surface area (TPSA) is 107 Å². The molecule has 41 heavy (non-hydrogen) atoms. The summed E-state index contributed by atoms with van der Waals surface area (Å²) >= 11 is 1.95. The van der Waals surface area contributed by atoms with E-state index in [1.807, 2.05) is 43.0 Å².